The van der Waals surface area contributed by atoms with Crippen LogP contribution in [0.2, 0.25) is 0 Å². The van der Waals surface area contributed by atoms with Crippen LogP contribution < -0.4 is 10.5 Å². The van der Waals surface area contributed by atoms with Crippen molar-refractivity contribution in [2.75, 3.05) is 6.54 Å². The van der Waals surface area contributed by atoms with Gasteiger partial charge in [0.15, 0.2) is 5.82 Å². The maximum atomic E-state index is 14.8. The van der Waals surface area contributed by atoms with Gasteiger partial charge in [-0.25, -0.2) is 18.9 Å². The quantitative estimate of drug-likeness (QED) is 0.453. The second-order valence-electron chi connectivity index (χ2n) is 9.34. The van der Waals surface area contributed by atoms with E-state index in [0.29, 0.717) is 29.2 Å². The number of nitrogens with zero attached hydrogens (tertiary/aromatic N) is 4. The van der Waals surface area contributed by atoms with Gasteiger partial charge in [0.25, 0.3) is 5.91 Å². The number of hydrogen-bond donors (Lipinski definition) is 1. The first-order valence-electron chi connectivity index (χ1n) is 12.0. The van der Waals surface area contributed by atoms with Gasteiger partial charge in [-0.05, 0) is 67.0 Å². The van der Waals surface area contributed by atoms with Gasteiger partial charge < -0.3 is 15.4 Å². The molecule has 1 fully saturated rings. The van der Waals surface area contributed by atoms with Gasteiger partial charge in [-0.1, -0.05) is 24.3 Å². The zero-order valence-electron chi connectivity index (χ0n) is 19.6. The number of rotatable bonds is 4. The number of carbonyl (C=O) groups excluding carboxylic acids is 2. The molecule has 1 saturated carbocycles. The van der Waals surface area contributed by atoms with Gasteiger partial charge in [0, 0.05) is 12.6 Å². The molecule has 4 aromatic rings. The fraction of sp³-hybridized carbons (Fsp3) is 0.259. The van der Waals surface area contributed by atoms with Crippen LogP contribution in [0, 0.1) is 5.82 Å². The molecule has 8 nitrogen and oxygen atoms in total. The molecular weight excluding hydrogens is 461 g/mol. The number of nitrogens with two attached hydrogens (primary N) is 1. The lowest BCUT2D eigenvalue weighted by Gasteiger charge is -2.35. The lowest BCUT2D eigenvalue weighted by atomic mass is 9.93. The van der Waals surface area contributed by atoms with Gasteiger partial charge in [0.1, 0.15) is 28.2 Å². The fourth-order valence-electron chi connectivity index (χ4n) is 5.02. The largest absolute Gasteiger partial charge is 0.410 e. The van der Waals surface area contributed by atoms with Gasteiger partial charge in [0.05, 0.1) is 12.2 Å². The van der Waals surface area contributed by atoms with E-state index in [1.54, 1.807) is 6.20 Å². The molecule has 182 valence electrons. The van der Waals surface area contributed by atoms with Gasteiger partial charge in [0.2, 0.25) is 0 Å². The summed E-state index contributed by atoms with van der Waals surface area (Å²) in [6.45, 7) is 2.67. The van der Waals surface area contributed by atoms with E-state index in [4.69, 9.17) is 10.5 Å². The number of fused-ring (bicyclic) bond motifs is 2. The molecule has 2 aromatic carbocycles. The van der Waals surface area contributed by atoms with Crippen molar-refractivity contribution in [3.63, 3.8) is 0 Å². The molecule has 6 rings (SSSR count). The summed E-state index contributed by atoms with van der Waals surface area (Å²) in [5, 5.41) is 4.61. The molecule has 36 heavy (non-hydrogen) atoms. The van der Waals surface area contributed by atoms with Gasteiger partial charge in [-0.2, -0.15) is 5.10 Å². The summed E-state index contributed by atoms with van der Waals surface area (Å²) in [7, 11) is 0. The van der Waals surface area contributed by atoms with Crippen molar-refractivity contribution >= 4 is 23.0 Å². The molecular formula is C27H24FN5O3. The van der Waals surface area contributed by atoms with Crippen molar-refractivity contribution in [2.45, 2.75) is 38.1 Å². The van der Waals surface area contributed by atoms with Crippen LogP contribution in [-0.2, 0) is 6.42 Å². The van der Waals surface area contributed by atoms with Crippen molar-refractivity contribution in [2.24, 2.45) is 5.73 Å². The molecule has 1 aliphatic heterocycles. The highest BCUT2D eigenvalue weighted by Crippen LogP contribution is 2.43. The Labute approximate surface area is 206 Å². The van der Waals surface area contributed by atoms with E-state index in [1.807, 2.05) is 30.0 Å². The molecule has 0 radical (unpaired) electrons. The van der Waals surface area contributed by atoms with Crippen LogP contribution in [0.4, 0.5) is 9.18 Å². The predicted octanol–water partition coefficient (Wildman–Crippen LogP) is 4.65. The van der Waals surface area contributed by atoms with E-state index < -0.39 is 11.9 Å². The van der Waals surface area contributed by atoms with Crippen LogP contribution in [0.25, 0.3) is 16.7 Å². The number of hydrogen-bond acceptors (Lipinski definition) is 5. The van der Waals surface area contributed by atoms with Crippen LogP contribution in [0.3, 0.4) is 0 Å². The molecule has 2 aliphatic rings. The zero-order chi connectivity index (χ0) is 25.0. The summed E-state index contributed by atoms with van der Waals surface area (Å²) >= 11 is 0. The smallest absolute Gasteiger partial charge is 0.409 e. The van der Waals surface area contributed by atoms with E-state index in [0.717, 1.165) is 36.5 Å². The lowest BCUT2D eigenvalue weighted by molar-refractivity contribution is 0.0672. The van der Waals surface area contributed by atoms with Crippen LogP contribution in [-0.4, -0.2) is 38.2 Å². The maximum Gasteiger partial charge on any atom is 0.409 e. The maximum absolute atomic E-state index is 14.8. The number of ether oxygens (including phenoxy) is 1. The van der Waals surface area contributed by atoms with Crippen LogP contribution in [0.15, 0.2) is 54.7 Å². The number of pyridine rings is 1. The summed E-state index contributed by atoms with van der Waals surface area (Å²) < 4.78 is 21.0. The lowest BCUT2D eigenvalue weighted by Crippen LogP contribution is -2.39. The zero-order valence-corrected chi connectivity index (χ0v) is 19.6. The van der Waals surface area contributed by atoms with E-state index in [2.05, 4.69) is 22.2 Å². The summed E-state index contributed by atoms with van der Waals surface area (Å²) in [6, 6.07) is 14.0. The van der Waals surface area contributed by atoms with Crippen LogP contribution in [0.5, 0.6) is 5.75 Å². The van der Waals surface area contributed by atoms with E-state index in [-0.39, 0.29) is 23.4 Å². The number of primary amides is 1. The topological polar surface area (TPSA) is 103 Å². The Balaban J connectivity index is 1.37. The van der Waals surface area contributed by atoms with Crippen molar-refractivity contribution < 1.29 is 18.7 Å². The molecule has 9 heteroatoms. The Morgan fingerprint density at radius 1 is 1.11 bits per heavy atom. The van der Waals surface area contributed by atoms with Crippen LogP contribution in [0.1, 0.15) is 58.9 Å². The fourth-order valence-corrected chi connectivity index (χ4v) is 5.02. The molecule has 2 aromatic heterocycles. The Morgan fingerprint density at radius 2 is 1.92 bits per heavy atom. The molecule has 0 spiro atoms. The molecule has 0 bridgehead atoms. The number of amides is 2. The third-order valence-corrected chi connectivity index (χ3v) is 6.98. The van der Waals surface area contributed by atoms with E-state index >= 15 is 0 Å². The first-order valence-corrected chi connectivity index (χ1v) is 12.0. The summed E-state index contributed by atoms with van der Waals surface area (Å²) in [4.78, 5) is 31.1. The Hall–Kier alpha value is -4.27. The molecule has 1 aliphatic carbocycles. The minimum atomic E-state index is -1.02. The predicted molar refractivity (Wildman–Crippen MR) is 131 cm³/mol. The number of carbonyl (C=O) groups is 2. The first kappa shape index (κ1) is 22.2. The van der Waals surface area contributed by atoms with Crippen molar-refractivity contribution in [1.29, 1.82) is 0 Å². The Bertz CT molecular complexity index is 1530. The second-order valence-corrected chi connectivity index (χ2v) is 9.34. The Morgan fingerprint density at radius 3 is 2.67 bits per heavy atom. The number of halogens is 1. The van der Waals surface area contributed by atoms with Crippen molar-refractivity contribution in [3.8, 4) is 11.4 Å². The van der Waals surface area contributed by atoms with Crippen LogP contribution >= 0.6 is 0 Å². The highest BCUT2D eigenvalue weighted by molar-refractivity contribution is 5.96. The monoisotopic (exact) mass is 485 g/mol. The van der Waals surface area contributed by atoms with Gasteiger partial charge in [-0.15, -0.1) is 0 Å². The highest BCUT2D eigenvalue weighted by atomic mass is 19.1. The minimum absolute atomic E-state index is 0.00219. The molecule has 1 unspecified atom stereocenters. The molecule has 2 N–H and O–H groups in total. The highest BCUT2D eigenvalue weighted by Gasteiger charge is 2.32. The van der Waals surface area contributed by atoms with E-state index in [1.165, 1.54) is 22.4 Å². The summed E-state index contributed by atoms with van der Waals surface area (Å²) in [5.41, 5.74) is 10.1. The second kappa shape index (κ2) is 8.44. The minimum Gasteiger partial charge on any atom is -0.410 e. The third kappa shape index (κ3) is 3.86. The average Bonchev–Trinajstić information content (AvgIpc) is 3.61. The summed E-state index contributed by atoms with van der Waals surface area (Å²) in [6.07, 6.45) is 3.44. The summed E-state index contributed by atoms with van der Waals surface area (Å²) in [5.74, 6) is -0.442. The van der Waals surface area contributed by atoms with Crippen molar-refractivity contribution in [3.05, 3.63) is 82.9 Å². The number of benzene rings is 2. The number of aromatic nitrogens is 3. The first-order chi connectivity index (χ1) is 17.4. The van der Waals surface area contributed by atoms with E-state index in [9.17, 15) is 14.0 Å². The van der Waals surface area contributed by atoms with Crippen molar-refractivity contribution in [1.82, 2.24) is 19.7 Å². The molecule has 3 heterocycles. The molecule has 0 saturated heterocycles. The van der Waals surface area contributed by atoms with Gasteiger partial charge in [-0.3, -0.25) is 4.79 Å². The third-order valence-electron chi connectivity index (χ3n) is 6.98. The Kier molecular flexibility index (Phi) is 5.21. The SMILES string of the molecule is CC1c2ccccc2CCN1C(=O)c1cc(C2CC2)c2nn(-c3ccc(OC(N)=O)cc3F)cc2n1. The normalized spacial score (nSPS) is 17.2. The van der Waals surface area contributed by atoms with Gasteiger partial charge >= 0.3 is 6.09 Å². The molecule has 1 atom stereocenters. The standard InChI is InChI=1S/C27H24FN5O3/c1-15-19-5-3-2-4-16(19)10-11-32(15)26(34)22-13-20(17-6-7-17)25-23(30-22)14-33(31-25)24-9-8-18(12-21(24)28)36-27(29)35/h2-5,8-9,12-15,17H,6-7,10-11H2,1H3,(H2,29,35). The average molecular weight is 486 g/mol. The molecule has 2 amide bonds.